The Kier molecular flexibility index (Phi) is 12.6. The molecule has 3 saturated carbocycles. The number of rotatable bonds is 20. The molecule has 5 atom stereocenters. The molecule has 0 bridgehead atoms. The molecule has 1 aromatic rings. The number of carbonyl (C=O) groups excluding carboxylic acids is 2. The van der Waals surface area contributed by atoms with Gasteiger partial charge in [0.05, 0.1) is 0 Å². The molecule has 5 nitrogen and oxygen atoms in total. The van der Waals surface area contributed by atoms with Gasteiger partial charge in [-0.2, -0.15) is 0 Å². The summed E-state index contributed by atoms with van der Waals surface area (Å²) in [6.45, 7) is 4.60. The molecule has 5 heteroatoms. The van der Waals surface area contributed by atoms with Gasteiger partial charge in [0.25, 0.3) is 0 Å². The Bertz CT molecular complexity index is 962. The van der Waals surface area contributed by atoms with E-state index in [1.165, 1.54) is 82.6 Å². The zero-order chi connectivity index (χ0) is 28.9. The lowest BCUT2D eigenvalue weighted by Gasteiger charge is -2.56. The highest BCUT2D eigenvalue weighted by Gasteiger charge is 2.77. The third kappa shape index (κ3) is 8.17. The molecule has 0 aromatic heterocycles. The summed E-state index contributed by atoms with van der Waals surface area (Å²) in [5, 5.41) is 0. The maximum absolute atomic E-state index is 13.1. The van der Waals surface area contributed by atoms with Crippen molar-refractivity contribution in [2.45, 2.75) is 135 Å². The van der Waals surface area contributed by atoms with Crippen LogP contribution in [0.1, 0.15) is 134 Å². The van der Waals surface area contributed by atoms with Gasteiger partial charge in [0.1, 0.15) is 0 Å². The standard InChI is InChI=1S/C36H55NO4/c1-3-5-6-7-8-9-10-11-12-13-14-15-16-17-21-24-32(38)40-28-41-35(39)37(4-2)34-31-26-25-30-27-36(30,31)33(34)29-22-19-18-20-23-29/h11-12,18-20,22-23,30-31,33-34H,3-10,13-17,21,24-28H2,1-2H3/b12-11-. The van der Waals surface area contributed by atoms with Crippen molar-refractivity contribution in [2.24, 2.45) is 17.3 Å². The predicted molar refractivity (Wildman–Crippen MR) is 166 cm³/mol. The molecular weight excluding hydrogens is 510 g/mol. The van der Waals surface area contributed by atoms with Crippen LogP contribution in [0, 0.1) is 17.3 Å². The smallest absolute Gasteiger partial charge is 0.412 e. The fraction of sp³-hybridized carbons (Fsp3) is 0.722. The van der Waals surface area contributed by atoms with E-state index in [4.69, 9.17) is 9.47 Å². The molecule has 4 rings (SSSR count). The first-order chi connectivity index (χ1) is 20.1. The Morgan fingerprint density at radius 2 is 1.51 bits per heavy atom. The van der Waals surface area contributed by atoms with E-state index in [0.717, 1.165) is 31.6 Å². The minimum atomic E-state index is -0.355. The molecule has 5 unspecified atom stereocenters. The van der Waals surface area contributed by atoms with E-state index in [1.54, 1.807) is 0 Å². The quantitative estimate of drug-likeness (QED) is 0.0683. The topological polar surface area (TPSA) is 55.8 Å². The van der Waals surface area contributed by atoms with Crippen LogP contribution in [0.3, 0.4) is 0 Å². The molecule has 1 aromatic carbocycles. The first-order valence-electron chi connectivity index (χ1n) is 16.9. The first-order valence-corrected chi connectivity index (χ1v) is 16.9. The van der Waals surface area contributed by atoms with Gasteiger partial charge in [-0.25, -0.2) is 4.79 Å². The third-order valence-electron chi connectivity index (χ3n) is 10.2. The molecule has 1 spiro atoms. The highest BCUT2D eigenvalue weighted by Crippen LogP contribution is 2.81. The van der Waals surface area contributed by atoms with Crippen LogP contribution in [-0.4, -0.2) is 36.3 Å². The summed E-state index contributed by atoms with van der Waals surface area (Å²) >= 11 is 0. The normalized spacial score (nSPS) is 25.8. The van der Waals surface area contributed by atoms with Crippen LogP contribution in [0.15, 0.2) is 42.5 Å². The lowest BCUT2D eigenvalue weighted by Crippen LogP contribution is -2.60. The Balaban J connectivity index is 1.04. The van der Waals surface area contributed by atoms with Gasteiger partial charge in [-0.3, -0.25) is 4.79 Å². The molecule has 0 heterocycles. The lowest BCUT2D eigenvalue weighted by molar-refractivity contribution is -0.153. The fourth-order valence-electron chi connectivity index (χ4n) is 8.04. The molecule has 3 fully saturated rings. The van der Waals surface area contributed by atoms with Crippen LogP contribution < -0.4 is 0 Å². The van der Waals surface area contributed by atoms with E-state index < -0.39 is 0 Å². The summed E-state index contributed by atoms with van der Waals surface area (Å²) in [5.41, 5.74) is 1.74. The third-order valence-corrected chi connectivity index (χ3v) is 10.2. The minimum absolute atomic E-state index is 0.175. The SMILES string of the molecule is CCCCCCCC/C=C\CCCCCCCC(=O)OCOC(=O)N(CC)C1C2CCC3CC32C1c1ccccc1. The summed E-state index contributed by atoms with van der Waals surface area (Å²) in [5.74, 6) is 1.49. The van der Waals surface area contributed by atoms with Crippen molar-refractivity contribution < 1.29 is 19.1 Å². The lowest BCUT2D eigenvalue weighted by atomic mass is 9.55. The van der Waals surface area contributed by atoms with Crippen LogP contribution in [0.2, 0.25) is 0 Å². The second-order valence-corrected chi connectivity index (χ2v) is 12.7. The number of unbranched alkanes of at least 4 members (excludes halogenated alkanes) is 11. The molecule has 41 heavy (non-hydrogen) atoms. The number of hydrogen-bond acceptors (Lipinski definition) is 4. The average molecular weight is 566 g/mol. The van der Waals surface area contributed by atoms with E-state index >= 15 is 0 Å². The molecule has 0 saturated heterocycles. The molecular formula is C36H55NO4. The number of amides is 1. The average Bonchev–Trinajstić information content (AvgIpc) is 3.65. The fourth-order valence-corrected chi connectivity index (χ4v) is 8.04. The zero-order valence-corrected chi connectivity index (χ0v) is 25.9. The van der Waals surface area contributed by atoms with E-state index in [0.29, 0.717) is 30.2 Å². The molecule has 1 amide bonds. The summed E-state index contributed by atoms with van der Waals surface area (Å²) < 4.78 is 10.7. The monoisotopic (exact) mass is 565 g/mol. The number of hydrogen-bond donors (Lipinski definition) is 0. The number of allylic oxidation sites excluding steroid dienone is 2. The van der Waals surface area contributed by atoms with Crippen LogP contribution in [0.4, 0.5) is 4.79 Å². The summed E-state index contributed by atoms with van der Waals surface area (Å²) in [7, 11) is 0. The second-order valence-electron chi connectivity index (χ2n) is 12.7. The summed E-state index contributed by atoms with van der Waals surface area (Å²) in [4.78, 5) is 27.2. The second kappa shape index (κ2) is 16.4. The molecule has 3 aliphatic rings. The molecule has 228 valence electrons. The molecule has 0 radical (unpaired) electrons. The van der Waals surface area contributed by atoms with Crippen molar-refractivity contribution in [1.82, 2.24) is 4.90 Å². The number of nitrogens with zero attached hydrogens (tertiary/aromatic N) is 1. The Labute approximate surface area is 249 Å². The van der Waals surface area contributed by atoms with Crippen molar-refractivity contribution in [2.75, 3.05) is 13.3 Å². The van der Waals surface area contributed by atoms with Crippen LogP contribution in [0.5, 0.6) is 0 Å². The van der Waals surface area contributed by atoms with Gasteiger partial charge < -0.3 is 14.4 Å². The van der Waals surface area contributed by atoms with Crippen LogP contribution >= 0.6 is 0 Å². The Morgan fingerprint density at radius 1 is 0.854 bits per heavy atom. The van der Waals surface area contributed by atoms with Gasteiger partial charge in [0, 0.05) is 24.9 Å². The van der Waals surface area contributed by atoms with Gasteiger partial charge >= 0.3 is 12.1 Å². The maximum Gasteiger partial charge on any atom is 0.412 e. The Hall–Kier alpha value is -2.30. The van der Waals surface area contributed by atoms with Gasteiger partial charge in [-0.05, 0) is 81.1 Å². The van der Waals surface area contributed by atoms with Gasteiger partial charge in [-0.1, -0.05) is 101 Å². The summed E-state index contributed by atoms with van der Waals surface area (Å²) in [6.07, 6.45) is 24.5. The summed E-state index contributed by atoms with van der Waals surface area (Å²) in [6, 6.07) is 10.9. The molecule has 0 aliphatic heterocycles. The van der Waals surface area contributed by atoms with Gasteiger partial charge in [0.2, 0.25) is 6.79 Å². The van der Waals surface area contributed by atoms with Crippen molar-refractivity contribution in [3.05, 3.63) is 48.0 Å². The van der Waals surface area contributed by atoms with Crippen molar-refractivity contribution in [1.29, 1.82) is 0 Å². The first kappa shape index (κ1) is 31.6. The van der Waals surface area contributed by atoms with Crippen LogP contribution in [-0.2, 0) is 14.3 Å². The number of esters is 1. The highest BCUT2D eigenvalue weighted by atomic mass is 16.7. The minimum Gasteiger partial charge on any atom is -0.428 e. The number of ether oxygens (including phenoxy) is 2. The highest BCUT2D eigenvalue weighted by molar-refractivity contribution is 5.71. The van der Waals surface area contributed by atoms with Crippen molar-refractivity contribution in [3.8, 4) is 0 Å². The number of benzene rings is 1. The van der Waals surface area contributed by atoms with Gasteiger partial charge in [-0.15, -0.1) is 0 Å². The van der Waals surface area contributed by atoms with Crippen molar-refractivity contribution >= 4 is 12.1 Å². The number of carbonyl (C=O) groups is 2. The molecule has 3 aliphatic carbocycles. The van der Waals surface area contributed by atoms with Gasteiger partial charge in [0.15, 0.2) is 0 Å². The van der Waals surface area contributed by atoms with Crippen molar-refractivity contribution in [3.63, 3.8) is 0 Å². The van der Waals surface area contributed by atoms with E-state index in [-0.39, 0.29) is 24.9 Å². The Morgan fingerprint density at radius 3 is 2.17 bits per heavy atom. The maximum atomic E-state index is 13.1. The molecule has 0 N–H and O–H groups in total. The largest absolute Gasteiger partial charge is 0.428 e. The van der Waals surface area contributed by atoms with Crippen LogP contribution in [0.25, 0.3) is 0 Å². The van der Waals surface area contributed by atoms with E-state index in [2.05, 4.69) is 49.4 Å². The number of likely N-dealkylation sites (N-methyl/N-ethyl adjacent to an activating group) is 1. The van der Waals surface area contributed by atoms with E-state index in [9.17, 15) is 9.59 Å². The van der Waals surface area contributed by atoms with E-state index in [1.807, 2.05) is 11.8 Å². The zero-order valence-electron chi connectivity index (χ0n) is 25.9. The predicted octanol–water partition coefficient (Wildman–Crippen LogP) is 9.57.